The van der Waals surface area contributed by atoms with Crippen LogP contribution < -0.4 is 10.1 Å². The van der Waals surface area contributed by atoms with E-state index >= 15 is 0 Å². The molecule has 122 valence electrons. The fraction of sp³-hybridized carbons (Fsp3) is 0.133. The summed E-state index contributed by atoms with van der Waals surface area (Å²) in [5.74, 6) is 0.347. The summed E-state index contributed by atoms with van der Waals surface area (Å²) in [4.78, 5) is 22.9. The van der Waals surface area contributed by atoms with Crippen LogP contribution in [0.1, 0.15) is 6.92 Å². The van der Waals surface area contributed by atoms with E-state index in [1.807, 2.05) is 13.0 Å². The van der Waals surface area contributed by atoms with Crippen molar-refractivity contribution in [1.29, 1.82) is 0 Å². The van der Waals surface area contributed by atoms with E-state index in [9.17, 15) is 10.1 Å². The minimum absolute atomic E-state index is 0.113. The zero-order valence-corrected chi connectivity index (χ0v) is 14.1. The molecule has 0 spiro atoms. The molecule has 0 unspecified atom stereocenters. The van der Waals surface area contributed by atoms with Crippen LogP contribution in [0.25, 0.3) is 10.9 Å². The molecule has 0 fully saturated rings. The van der Waals surface area contributed by atoms with Crippen molar-refractivity contribution < 1.29 is 9.66 Å². The number of pyridine rings is 1. The van der Waals surface area contributed by atoms with Crippen molar-refractivity contribution in [2.24, 2.45) is 0 Å². The molecule has 2 heterocycles. The number of nitrogens with one attached hydrogen (secondary N) is 1. The van der Waals surface area contributed by atoms with Crippen LogP contribution in [-0.4, -0.2) is 26.4 Å². The number of hydrogen-bond acceptors (Lipinski definition) is 7. The second-order valence-corrected chi connectivity index (χ2v) is 5.56. The summed E-state index contributed by atoms with van der Waals surface area (Å²) in [6.07, 6.45) is 2.84. The minimum Gasteiger partial charge on any atom is -0.431 e. The SMILES string of the molecule is CCNc1ncnc(Oc2ccc(Br)c3cccnc23)c1[N+](=O)[O-]. The Labute approximate surface area is 145 Å². The van der Waals surface area contributed by atoms with Crippen molar-refractivity contribution in [1.82, 2.24) is 15.0 Å². The number of fused-ring (bicyclic) bond motifs is 1. The van der Waals surface area contributed by atoms with Gasteiger partial charge in [0.05, 0.1) is 4.92 Å². The lowest BCUT2D eigenvalue weighted by atomic mass is 10.2. The van der Waals surface area contributed by atoms with Gasteiger partial charge in [-0.2, -0.15) is 4.98 Å². The molecular formula is C15H12BrN5O3. The largest absolute Gasteiger partial charge is 0.431 e. The molecule has 0 atom stereocenters. The topological polar surface area (TPSA) is 103 Å². The van der Waals surface area contributed by atoms with Gasteiger partial charge in [-0.15, -0.1) is 0 Å². The fourth-order valence-corrected chi connectivity index (χ4v) is 2.65. The maximum absolute atomic E-state index is 11.4. The van der Waals surface area contributed by atoms with E-state index in [0.29, 0.717) is 17.8 Å². The quantitative estimate of drug-likeness (QED) is 0.520. The van der Waals surface area contributed by atoms with E-state index < -0.39 is 4.92 Å². The van der Waals surface area contributed by atoms with Crippen molar-refractivity contribution in [3.05, 3.63) is 51.4 Å². The van der Waals surface area contributed by atoms with Crippen LogP contribution in [0.4, 0.5) is 11.5 Å². The van der Waals surface area contributed by atoms with E-state index in [0.717, 1.165) is 9.86 Å². The molecule has 24 heavy (non-hydrogen) atoms. The standard InChI is InChI=1S/C15H12BrN5O3/c1-2-17-14-13(21(22)23)15(20-8-19-14)24-11-6-5-10(16)9-4-3-7-18-12(9)11/h3-8H,2H2,1H3,(H,17,19,20). The zero-order valence-electron chi connectivity index (χ0n) is 12.6. The number of anilines is 1. The van der Waals surface area contributed by atoms with Gasteiger partial charge in [-0.1, -0.05) is 22.0 Å². The van der Waals surface area contributed by atoms with Crippen molar-refractivity contribution in [3.63, 3.8) is 0 Å². The average molecular weight is 390 g/mol. The molecule has 2 aromatic heterocycles. The monoisotopic (exact) mass is 389 g/mol. The number of rotatable bonds is 5. The highest BCUT2D eigenvalue weighted by atomic mass is 79.9. The first-order valence-electron chi connectivity index (χ1n) is 7.06. The van der Waals surface area contributed by atoms with Gasteiger partial charge in [-0.25, -0.2) is 4.98 Å². The molecule has 3 rings (SSSR count). The Morgan fingerprint density at radius 3 is 2.88 bits per heavy atom. The van der Waals surface area contributed by atoms with Crippen LogP contribution in [-0.2, 0) is 0 Å². The second-order valence-electron chi connectivity index (χ2n) is 4.71. The second kappa shape index (κ2) is 6.75. The summed E-state index contributed by atoms with van der Waals surface area (Å²) in [5, 5.41) is 15.1. The molecule has 3 aromatic rings. The molecular weight excluding hydrogens is 378 g/mol. The number of hydrogen-bond donors (Lipinski definition) is 1. The van der Waals surface area contributed by atoms with Gasteiger partial charge in [-0.3, -0.25) is 15.1 Å². The predicted molar refractivity (Wildman–Crippen MR) is 92.4 cm³/mol. The average Bonchev–Trinajstić information content (AvgIpc) is 2.58. The third-order valence-electron chi connectivity index (χ3n) is 3.20. The zero-order chi connectivity index (χ0) is 17.1. The first kappa shape index (κ1) is 16.1. The first-order chi connectivity index (χ1) is 11.6. The van der Waals surface area contributed by atoms with Gasteiger partial charge < -0.3 is 10.1 Å². The molecule has 1 N–H and O–H groups in total. The van der Waals surface area contributed by atoms with Gasteiger partial charge in [-0.05, 0) is 25.1 Å². The van der Waals surface area contributed by atoms with Crippen LogP contribution in [0.5, 0.6) is 11.6 Å². The summed E-state index contributed by atoms with van der Waals surface area (Å²) >= 11 is 3.45. The number of halogens is 1. The van der Waals surface area contributed by atoms with Gasteiger partial charge in [0.15, 0.2) is 5.75 Å². The van der Waals surface area contributed by atoms with E-state index in [-0.39, 0.29) is 17.4 Å². The van der Waals surface area contributed by atoms with Crippen LogP contribution in [0.15, 0.2) is 41.3 Å². The number of ether oxygens (including phenoxy) is 1. The van der Waals surface area contributed by atoms with E-state index in [1.165, 1.54) is 6.33 Å². The number of benzene rings is 1. The summed E-state index contributed by atoms with van der Waals surface area (Å²) in [5.41, 5.74) is 0.260. The Bertz CT molecular complexity index is 919. The summed E-state index contributed by atoms with van der Waals surface area (Å²) in [6, 6.07) is 7.14. The molecule has 9 heteroatoms. The molecule has 0 saturated carbocycles. The Morgan fingerprint density at radius 1 is 1.29 bits per heavy atom. The molecule has 1 aromatic carbocycles. The smallest absolute Gasteiger partial charge is 0.373 e. The maximum Gasteiger partial charge on any atom is 0.373 e. The van der Waals surface area contributed by atoms with Gasteiger partial charge in [0.25, 0.3) is 0 Å². The Hall–Kier alpha value is -2.81. The van der Waals surface area contributed by atoms with Crippen molar-refractivity contribution in [2.45, 2.75) is 6.92 Å². The van der Waals surface area contributed by atoms with Crippen molar-refractivity contribution in [3.8, 4) is 11.6 Å². The minimum atomic E-state index is -0.568. The molecule has 8 nitrogen and oxygen atoms in total. The van der Waals surface area contributed by atoms with Gasteiger partial charge in [0.1, 0.15) is 11.8 Å². The number of nitro groups is 1. The summed E-state index contributed by atoms with van der Waals surface area (Å²) in [7, 11) is 0. The highest BCUT2D eigenvalue weighted by Crippen LogP contribution is 2.37. The predicted octanol–water partition coefficient (Wildman–Crippen LogP) is 3.92. The molecule has 0 bridgehead atoms. The Kier molecular flexibility index (Phi) is 4.52. The lowest BCUT2D eigenvalue weighted by Gasteiger charge is -2.10. The normalized spacial score (nSPS) is 10.6. The molecule has 0 aliphatic heterocycles. The van der Waals surface area contributed by atoms with E-state index in [4.69, 9.17) is 4.74 Å². The summed E-state index contributed by atoms with van der Waals surface area (Å²) in [6.45, 7) is 2.30. The van der Waals surface area contributed by atoms with Gasteiger partial charge in [0.2, 0.25) is 5.82 Å². The third kappa shape index (κ3) is 2.98. The fourth-order valence-electron chi connectivity index (χ4n) is 2.20. The number of nitrogens with zero attached hydrogens (tertiary/aromatic N) is 4. The van der Waals surface area contributed by atoms with Gasteiger partial charge in [0, 0.05) is 22.6 Å². The lowest BCUT2D eigenvalue weighted by molar-refractivity contribution is -0.385. The van der Waals surface area contributed by atoms with Crippen LogP contribution in [0.2, 0.25) is 0 Å². The maximum atomic E-state index is 11.4. The molecule has 0 aliphatic carbocycles. The van der Waals surface area contributed by atoms with Gasteiger partial charge >= 0.3 is 11.6 Å². The van der Waals surface area contributed by atoms with Crippen LogP contribution >= 0.6 is 15.9 Å². The molecule has 0 amide bonds. The molecule has 0 radical (unpaired) electrons. The summed E-state index contributed by atoms with van der Waals surface area (Å²) < 4.78 is 6.56. The third-order valence-corrected chi connectivity index (χ3v) is 3.89. The Balaban J connectivity index is 2.11. The Morgan fingerprint density at radius 2 is 2.12 bits per heavy atom. The molecule has 0 aliphatic rings. The lowest BCUT2D eigenvalue weighted by Crippen LogP contribution is -2.06. The van der Waals surface area contributed by atoms with Crippen LogP contribution in [0.3, 0.4) is 0 Å². The highest BCUT2D eigenvalue weighted by molar-refractivity contribution is 9.10. The number of aromatic nitrogens is 3. The van der Waals surface area contributed by atoms with E-state index in [1.54, 1.807) is 24.4 Å². The highest BCUT2D eigenvalue weighted by Gasteiger charge is 2.25. The van der Waals surface area contributed by atoms with E-state index in [2.05, 4.69) is 36.2 Å². The molecule has 0 saturated heterocycles. The first-order valence-corrected chi connectivity index (χ1v) is 7.85. The van der Waals surface area contributed by atoms with Crippen molar-refractivity contribution in [2.75, 3.05) is 11.9 Å². The van der Waals surface area contributed by atoms with Crippen LogP contribution in [0, 0.1) is 10.1 Å². The van der Waals surface area contributed by atoms with Crippen molar-refractivity contribution >= 4 is 38.3 Å².